The van der Waals surface area contributed by atoms with Gasteiger partial charge in [-0.1, -0.05) is 42.1 Å². The van der Waals surface area contributed by atoms with Gasteiger partial charge in [-0.25, -0.2) is 0 Å². The average molecular weight is 334 g/mol. The first-order chi connectivity index (χ1) is 11.2. The van der Waals surface area contributed by atoms with Crippen molar-refractivity contribution in [3.05, 3.63) is 42.2 Å². The summed E-state index contributed by atoms with van der Waals surface area (Å²) in [7, 11) is 1.68. The number of thioether (sulfide) groups is 1. The minimum atomic E-state index is -0.0159. The van der Waals surface area contributed by atoms with Crippen molar-refractivity contribution in [3.63, 3.8) is 0 Å². The third-order valence-electron chi connectivity index (χ3n) is 3.34. The van der Waals surface area contributed by atoms with Crippen molar-refractivity contribution >= 4 is 17.7 Å². The highest BCUT2D eigenvalue weighted by Gasteiger charge is 2.12. The molecule has 7 heteroatoms. The molecule has 1 atom stereocenters. The van der Waals surface area contributed by atoms with Gasteiger partial charge in [-0.3, -0.25) is 4.79 Å². The molecule has 23 heavy (non-hydrogen) atoms. The molecule has 0 aliphatic carbocycles. The van der Waals surface area contributed by atoms with Crippen LogP contribution in [0.4, 0.5) is 0 Å². The van der Waals surface area contributed by atoms with E-state index < -0.39 is 0 Å². The Balaban J connectivity index is 1.79. The molecule has 0 bridgehead atoms. The molecule has 2 aromatic rings. The van der Waals surface area contributed by atoms with E-state index in [9.17, 15) is 4.79 Å². The lowest BCUT2D eigenvalue weighted by Crippen LogP contribution is -2.28. The minimum Gasteiger partial charge on any atom is -0.385 e. The molecule has 124 valence electrons. The number of methoxy groups -OCH3 is 1. The molecule has 0 unspecified atom stereocenters. The Morgan fingerprint density at radius 1 is 1.39 bits per heavy atom. The van der Waals surface area contributed by atoms with Crippen LogP contribution in [0.25, 0.3) is 0 Å². The third-order valence-corrected chi connectivity index (χ3v) is 4.32. The van der Waals surface area contributed by atoms with Crippen LogP contribution in [-0.4, -0.2) is 40.1 Å². The quantitative estimate of drug-likeness (QED) is 0.563. The molecule has 6 nitrogen and oxygen atoms in total. The van der Waals surface area contributed by atoms with Gasteiger partial charge in [0.25, 0.3) is 0 Å². The first-order valence-corrected chi connectivity index (χ1v) is 8.53. The van der Waals surface area contributed by atoms with Crippen molar-refractivity contribution < 1.29 is 9.53 Å². The molecule has 0 saturated carbocycles. The zero-order chi connectivity index (χ0) is 16.5. The standard InChI is InChI=1S/C16H22N4O2S/c1-13(14-7-4-3-5-8-14)18-15(21)11-23-16-19-17-12-20(16)9-6-10-22-2/h3-5,7-8,12-13H,6,9-11H2,1-2H3,(H,18,21)/t13-/m0/s1. The van der Waals surface area contributed by atoms with Gasteiger partial charge in [0.1, 0.15) is 6.33 Å². The highest BCUT2D eigenvalue weighted by atomic mass is 32.2. The summed E-state index contributed by atoms with van der Waals surface area (Å²) in [6.45, 7) is 3.45. The fraction of sp³-hybridized carbons (Fsp3) is 0.438. The maximum absolute atomic E-state index is 12.1. The lowest BCUT2D eigenvalue weighted by atomic mass is 10.1. The van der Waals surface area contributed by atoms with Crippen molar-refractivity contribution in [1.29, 1.82) is 0 Å². The number of aromatic nitrogens is 3. The molecule has 0 spiro atoms. The molecule has 1 heterocycles. The topological polar surface area (TPSA) is 69.0 Å². The van der Waals surface area contributed by atoms with Crippen LogP contribution in [0.1, 0.15) is 24.9 Å². The van der Waals surface area contributed by atoms with E-state index in [1.807, 2.05) is 41.8 Å². The molecular weight excluding hydrogens is 312 g/mol. The maximum atomic E-state index is 12.1. The number of ether oxygens (including phenoxy) is 1. The lowest BCUT2D eigenvalue weighted by molar-refractivity contribution is -0.119. The van der Waals surface area contributed by atoms with Gasteiger partial charge < -0.3 is 14.6 Å². The molecule has 0 aliphatic heterocycles. The van der Waals surface area contributed by atoms with E-state index in [0.717, 1.165) is 23.7 Å². The Hall–Kier alpha value is -1.86. The monoisotopic (exact) mass is 334 g/mol. The summed E-state index contributed by atoms with van der Waals surface area (Å²) >= 11 is 1.39. The Labute approximate surface area is 140 Å². The molecule has 1 aromatic heterocycles. The number of amides is 1. The number of hydrogen-bond donors (Lipinski definition) is 1. The van der Waals surface area contributed by atoms with Crippen LogP contribution in [0.15, 0.2) is 41.8 Å². The van der Waals surface area contributed by atoms with Gasteiger partial charge >= 0.3 is 0 Å². The van der Waals surface area contributed by atoms with Crippen molar-refractivity contribution in [3.8, 4) is 0 Å². The fourth-order valence-corrected chi connectivity index (χ4v) is 2.88. The Kier molecular flexibility index (Phi) is 7.09. The van der Waals surface area contributed by atoms with Crippen LogP contribution in [0.2, 0.25) is 0 Å². The molecule has 1 N–H and O–H groups in total. The molecule has 1 aromatic carbocycles. The van der Waals surface area contributed by atoms with Crippen molar-refractivity contribution in [2.75, 3.05) is 19.5 Å². The van der Waals surface area contributed by atoms with E-state index in [1.54, 1.807) is 13.4 Å². The maximum Gasteiger partial charge on any atom is 0.230 e. The zero-order valence-corrected chi connectivity index (χ0v) is 14.3. The highest BCUT2D eigenvalue weighted by Crippen LogP contribution is 2.16. The Morgan fingerprint density at radius 3 is 2.91 bits per heavy atom. The van der Waals surface area contributed by atoms with E-state index >= 15 is 0 Å². The second-order valence-electron chi connectivity index (χ2n) is 5.14. The number of nitrogens with zero attached hydrogens (tertiary/aromatic N) is 3. The molecule has 0 fully saturated rings. The van der Waals surface area contributed by atoms with Crippen LogP contribution < -0.4 is 5.32 Å². The van der Waals surface area contributed by atoms with Gasteiger partial charge in [0.2, 0.25) is 5.91 Å². The molecule has 2 rings (SSSR count). The van der Waals surface area contributed by atoms with Crippen LogP contribution in [-0.2, 0) is 16.1 Å². The van der Waals surface area contributed by atoms with Gasteiger partial charge in [0, 0.05) is 20.3 Å². The Morgan fingerprint density at radius 2 is 2.17 bits per heavy atom. The normalized spacial score (nSPS) is 12.1. The third kappa shape index (κ3) is 5.69. The summed E-state index contributed by atoms with van der Waals surface area (Å²) in [6.07, 6.45) is 2.57. The zero-order valence-electron chi connectivity index (χ0n) is 13.4. The predicted molar refractivity (Wildman–Crippen MR) is 90.2 cm³/mol. The summed E-state index contributed by atoms with van der Waals surface area (Å²) < 4.78 is 6.98. The van der Waals surface area contributed by atoms with Crippen LogP contribution in [0.3, 0.4) is 0 Å². The second kappa shape index (κ2) is 9.32. The minimum absolute atomic E-state index is 0.0103. The summed E-state index contributed by atoms with van der Waals surface area (Å²) in [5, 5.41) is 11.7. The SMILES string of the molecule is COCCCn1cnnc1SCC(=O)N[C@@H](C)c1ccccc1. The van der Waals surface area contributed by atoms with Gasteiger partial charge in [-0.2, -0.15) is 0 Å². The lowest BCUT2D eigenvalue weighted by Gasteiger charge is -2.14. The smallest absolute Gasteiger partial charge is 0.230 e. The van der Waals surface area contributed by atoms with Crippen LogP contribution in [0, 0.1) is 0 Å². The molecule has 1 amide bonds. The van der Waals surface area contributed by atoms with E-state index in [2.05, 4.69) is 15.5 Å². The van der Waals surface area contributed by atoms with Crippen LogP contribution >= 0.6 is 11.8 Å². The molecular formula is C16H22N4O2S. The van der Waals surface area contributed by atoms with Gasteiger partial charge in [0.15, 0.2) is 5.16 Å². The highest BCUT2D eigenvalue weighted by molar-refractivity contribution is 7.99. The number of carbonyl (C=O) groups excluding carboxylic acids is 1. The second-order valence-corrected chi connectivity index (χ2v) is 6.08. The van der Waals surface area contributed by atoms with Crippen molar-refractivity contribution in [1.82, 2.24) is 20.1 Å². The van der Waals surface area contributed by atoms with Crippen molar-refractivity contribution in [2.24, 2.45) is 0 Å². The first-order valence-electron chi connectivity index (χ1n) is 7.54. The van der Waals surface area contributed by atoms with Gasteiger partial charge in [-0.05, 0) is 18.9 Å². The summed E-state index contributed by atoms with van der Waals surface area (Å²) in [4.78, 5) is 12.1. The van der Waals surface area contributed by atoms with Crippen molar-refractivity contribution in [2.45, 2.75) is 31.1 Å². The average Bonchev–Trinajstić information content (AvgIpc) is 3.01. The first kappa shape index (κ1) is 17.5. The molecule has 0 radical (unpaired) electrons. The Bertz CT molecular complexity index is 603. The summed E-state index contributed by atoms with van der Waals surface area (Å²) in [6, 6.07) is 9.90. The van der Waals surface area contributed by atoms with E-state index in [1.165, 1.54) is 11.8 Å². The fourth-order valence-electron chi connectivity index (χ4n) is 2.13. The predicted octanol–water partition coefficient (Wildman–Crippen LogP) is 2.28. The van der Waals surface area contributed by atoms with E-state index in [-0.39, 0.29) is 11.9 Å². The number of benzene rings is 1. The van der Waals surface area contributed by atoms with E-state index in [0.29, 0.717) is 12.4 Å². The number of carbonyl (C=O) groups is 1. The van der Waals surface area contributed by atoms with Gasteiger partial charge in [-0.15, -0.1) is 10.2 Å². The summed E-state index contributed by atoms with van der Waals surface area (Å²) in [5.74, 6) is 0.304. The molecule has 0 aliphatic rings. The number of nitrogens with one attached hydrogen (secondary N) is 1. The largest absolute Gasteiger partial charge is 0.385 e. The van der Waals surface area contributed by atoms with E-state index in [4.69, 9.17) is 4.74 Å². The molecule has 0 saturated heterocycles. The summed E-state index contributed by atoms with van der Waals surface area (Å²) in [5.41, 5.74) is 1.09. The number of rotatable bonds is 9. The number of aryl methyl sites for hydroxylation is 1. The van der Waals surface area contributed by atoms with Gasteiger partial charge in [0.05, 0.1) is 11.8 Å². The van der Waals surface area contributed by atoms with Crippen LogP contribution in [0.5, 0.6) is 0 Å². The number of hydrogen-bond acceptors (Lipinski definition) is 5.